The molecule has 0 spiro atoms. The van der Waals surface area contributed by atoms with Crippen LogP contribution in [0.25, 0.3) is 0 Å². The molecule has 1 atom stereocenters. The van der Waals surface area contributed by atoms with Crippen molar-refractivity contribution in [2.24, 2.45) is 5.92 Å². The number of hydrogen-bond donors (Lipinski definition) is 2. The van der Waals surface area contributed by atoms with Crippen LogP contribution in [-0.4, -0.2) is 46.5 Å². The predicted molar refractivity (Wildman–Crippen MR) is 127 cm³/mol. The Kier molecular flexibility index (Phi) is 9.62. The number of rotatable bonds is 11. The van der Waals surface area contributed by atoms with Crippen LogP contribution in [-0.2, 0) is 17.9 Å². The minimum absolute atomic E-state index is 0.0279. The van der Waals surface area contributed by atoms with Gasteiger partial charge >= 0.3 is 0 Å². The highest BCUT2D eigenvalue weighted by Gasteiger charge is 2.26. The van der Waals surface area contributed by atoms with Crippen LogP contribution in [0, 0.1) is 12.8 Å². The van der Waals surface area contributed by atoms with Crippen molar-refractivity contribution < 1.29 is 9.59 Å². The summed E-state index contributed by atoms with van der Waals surface area (Å²) in [6.07, 6.45) is 6.58. The molecule has 2 amide bonds. The maximum absolute atomic E-state index is 12.5. The highest BCUT2D eigenvalue weighted by Crippen LogP contribution is 2.20. The minimum atomic E-state index is -0.201. The molecule has 8 heteroatoms. The molecule has 0 aliphatic carbocycles. The first-order chi connectivity index (χ1) is 15.5. The van der Waals surface area contributed by atoms with Gasteiger partial charge in [0, 0.05) is 19.6 Å². The van der Waals surface area contributed by atoms with Crippen LogP contribution in [0.3, 0.4) is 0 Å². The molecule has 3 rings (SSSR count). The van der Waals surface area contributed by atoms with Crippen LogP contribution < -0.4 is 10.6 Å². The summed E-state index contributed by atoms with van der Waals surface area (Å²) >= 11 is 1.33. The first kappa shape index (κ1) is 24.3. The van der Waals surface area contributed by atoms with E-state index in [9.17, 15) is 9.59 Å². The van der Waals surface area contributed by atoms with Crippen LogP contribution in [0.5, 0.6) is 0 Å². The maximum Gasteiger partial charge on any atom is 0.282 e. The van der Waals surface area contributed by atoms with Crippen molar-refractivity contribution in [2.45, 2.75) is 65.5 Å². The third-order valence-corrected chi connectivity index (χ3v) is 6.71. The van der Waals surface area contributed by atoms with Crippen molar-refractivity contribution in [3.05, 3.63) is 45.4 Å². The molecule has 1 saturated heterocycles. The fourth-order valence-corrected chi connectivity index (χ4v) is 4.68. The van der Waals surface area contributed by atoms with Gasteiger partial charge in [-0.2, -0.15) is 0 Å². The Morgan fingerprint density at radius 3 is 2.72 bits per heavy atom. The van der Waals surface area contributed by atoms with Crippen molar-refractivity contribution in [3.63, 3.8) is 0 Å². The Bertz CT molecular complexity index is 868. The Labute approximate surface area is 195 Å². The monoisotopic (exact) mass is 457 g/mol. The Hall–Kier alpha value is -2.32. The zero-order valence-corrected chi connectivity index (χ0v) is 20.0. The number of aryl methyl sites for hydroxylation is 1. The smallest absolute Gasteiger partial charge is 0.282 e. The van der Waals surface area contributed by atoms with Gasteiger partial charge in [-0.15, -0.1) is 10.2 Å². The minimum Gasteiger partial charge on any atom is -0.356 e. The molecule has 1 fully saturated rings. The second kappa shape index (κ2) is 12.6. The van der Waals surface area contributed by atoms with E-state index in [0.29, 0.717) is 18.1 Å². The van der Waals surface area contributed by atoms with Crippen LogP contribution in [0.1, 0.15) is 71.4 Å². The first-order valence-electron chi connectivity index (χ1n) is 11.7. The molecule has 2 heterocycles. The van der Waals surface area contributed by atoms with Crippen molar-refractivity contribution in [2.75, 3.05) is 19.6 Å². The van der Waals surface area contributed by atoms with Gasteiger partial charge in [-0.05, 0) is 38.3 Å². The normalized spacial score (nSPS) is 16.6. The van der Waals surface area contributed by atoms with Gasteiger partial charge in [0.1, 0.15) is 5.01 Å². The zero-order chi connectivity index (χ0) is 22.8. The fourth-order valence-electron chi connectivity index (χ4n) is 3.89. The Morgan fingerprint density at radius 2 is 1.94 bits per heavy atom. The number of nitrogens with zero attached hydrogens (tertiary/aromatic N) is 3. The molecule has 0 saturated carbocycles. The summed E-state index contributed by atoms with van der Waals surface area (Å²) < 4.78 is 0. The molecular weight excluding hydrogens is 422 g/mol. The van der Waals surface area contributed by atoms with E-state index in [0.717, 1.165) is 49.5 Å². The molecule has 1 aromatic carbocycles. The first-order valence-corrected chi connectivity index (χ1v) is 12.5. The number of carbonyl (C=O) groups is 2. The lowest BCUT2D eigenvalue weighted by atomic mass is 9.97. The van der Waals surface area contributed by atoms with E-state index in [1.807, 2.05) is 31.2 Å². The van der Waals surface area contributed by atoms with Gasteiger partial charge in [0.15, 0.2) is 0 Å². The molecular formula is C24H35N5O2S. The van der Waals surface area contributed by atoms with Gasteiger partial charge in [-0.1, -0.05) is 67.4 Å². The van der Waals surface area contributed by atoms with Gasteiger partial charge in [0.25, 0.3) is 5.91 Å². The second-order valence-corrected chi connectivity index (χ2v) is 9.66. The molecule has 174 valence electrons. The van der Waals surface area contributed by atoms with Crippen LogP contribution >= 0.6 is 11.3 Å². The predicted octanol–water partition coefficient (Wildman–Crippen LogP) is 3.69. The SMILES string of the molecule is CCCCCCNC(=O)C1CCCN(Cc2nnc(C(=O)NCc3ccc(C)cc3)s2)C1. The van der Waals surface area contributed by atoms with Crippen LogP contribution in [0.15, 0.2) is 24.3 Å². The molecule has 1 aliphatic heterocycles. The molecule has 32 heavy (non-hydrogen) atoms. The number of hydrogen-bond acceptors (Lipinski definition) is 6. The third kappa shape index (κ3) is 7.67. The van der Waals surface area contributed by atoms with Gasteiger partial charge in [0.2, 0.25) is 10.9 Å². The summed E-state index contributed by atoms with van der Waals surface area (Å²) in [6.45, 7) is 7.76. The molecule has 0 bridgehead atoms. The van der Waals surface area contributed by atoms with Crippen molar-refractivity contribution in [3.8, 4) is 0 Å². The van der Waals surface area contributed by atoms with Gasteiger partial charge in [-0.25, -0.2) is 0 Å². The lowest BCUT2D eigenvalue weighted by molar-refractivity contribution is -0.126. The molecule has 0 radical (unpaired) electrons. The topological polar surface area (TPSA) is 87.2 Å². The lowest BCUT2D eigenvalue weighted by Crippen LogP contribution is -2.42. The zero-order valence-electron chi connectivity index (χ0n) is 19.2. The number of amides is 2. The number of aromatic nitrogens is 2. The summed E-state index contributed by atoms with van der Waals surface area (Å²) in [5.41, 5.74) is 2.25. The number of carbonyl (C=O) groups excluding carboxylic acids is 2. The number of nitrogens with one attached hydrogen (secondary N) is 2. The van der Waals surface area contributed by atoms with E-state index in [2.05, 4.69) is 32.7 Å². The number of unbranched alkanes of at least 4 members (excludes halogenated alkanes) is 3. The van der Waals surface area contributed by atoms with E-state index < -0.39 is 0 Å². The van der Waals surface area contributed by atoms with Gasteiger partial charge in [-0.3, -0.25) is 14.5 Å². The van der Waals surface area contributed by atoms with E-state index in [1.54, 1.807) is 0 Å². The molecule has 1 aliphatic rings. The molecule has 7 nitrogen and oxygen atoms in total. The quantitative estimate of drug-likeness (QED) is 0.503. The fraction of sp³-hybridized carbons (Fsp3) is 0.583. The van der Waals surface area contributed by atoms with Crippen molar-refractivity contribution in [1.82, 2.24) is 25.7 Å². The Balaban J connectivity index is 1.43. The summed E-state index contributed by atoms with van der Waals surface area (Å²) in [5.74, 6) is -0.00643. The standard InChI is InChI=1S/C24H35N5O2S/c1-3-4-5-6-13-25-22(30)20-8-7-14-29(16-20)17-21-27-28-24(32-21)23(31)26-15-19-11-9-18(2)10-12-19/h9-12,20H,3-8,13-17H2,1-2H3,(H,25,30)(H,26,31). The Morgan fingerprint density at radius 1 is 1.12 bits per heavy atom. The van der Waals surface area contributed by atoms with Crippen molar-refractivity contribution in [1.29, 1.82) is 0 Å². The average molecular weight is 458 g/mol. The average Bonchev–Trinajstić information content (AvgIpc) is 3.27. The van der Waals surface area contributed by atoms with Crippen LogP contribution in [0.4, 0.5) is 0 Å². The van der Waals surface area contributed by atoms with E-state index in [1.165, 1.54) is 36.2 Å². The van der Waals surface area contributed by atoms with Gasteiger partial charge in [0.05, 0.1) is 12.5 Å². The molecule has 1 unspecified atom stereocenters. The maximum atomic E-state index is 12.5. The molecule has 2 aromatic rings. The van der Waals surface area contributed by atoms with E-state index in [4.69, 9.17) is 0 Å². The van der Waals surface area contributed by atoms with Crippen molar-refractivity contribution >= 4 is 23.2 Å². The summed E-state index contributed by atoms with van der Waals surface area (Å²) in [7, 11) is 0. The van der Waals surface area contributed by atoms with Crippen LogP contribution in [0.2, 0.25) is 0 Å². The number of piperidine rings is 1. The number of likely N-dealkylation sites (tertiary alicyclic amines) is 1. The number of benzene rings is 1. The van der Waals surface area contributed by atoms with Gasteiger partial charge < -0.3 is 10.6 Å². The van der Waals surface area contributed by atoms with E-state index in [-0.39, 0.29) is 17.7 Å². The molecule has 2 N–H and O–H groups in total. The van der Waals surface area contributed by atoms with E-state index >= 15 is 0 Å². The summed E-state index contributed by atoms with van der Waals surface area (Å²) in [5, 5.41) is 15.5. The second-order valence-electron chi connectivity index (χ2n) is 8.60. The molecule has 1 aromatic heterocycles. The third-order valence-electron chi connectivity index (χ3n) is 5.80. The lowest BCUT2D eigenvalue weighted by Gasteiger charge is -2.31. The largest absolute Gasteiger partial charge is 0.356 e. The highest BCUT2D eigenvalue weighted by atomic mass is 32.1. The summed E-state index contributed by atoms with van der Waals surface area (Å²) in [4.78, 5) is 27.2. The summed E-state index contributed by atoms with van der Waals surface area (Å²) in [6, 6.07) is 8.08. The highest BCUT2D eigenvalue weighted by molar-refractivity contribution is 7.13.